The highest BCUT2D eigenvalue weighted by molar-refractivity contribution is 9.10. The number of halogens is 2. The summed E-state index contributed by atoms with van der Waals surface area (Å²) < 4.78 is 18.8. The van der Waals surface area contributed by atoms with Gasteiger partial charge in [-0.05, 0) is 49.4 Å². The van der Waals surface area contributed by atoms with E-state index in [1.54, 1.807) is 38.3 Å². The molecule has 176 valence electrons. The van der Waals surface area contributed by atoms with Gasteiger partial charge in [-0.2, -0.15) is 0 Å². The number of hydrogen-bond acceptors (Lipinski definition) is 7. The predicted octanol–water partition coefficient (Wildman–Crippen LogP) is 3.84. The topological polar surface area (TPSA) is 79.1 Å². The summed E-state index contributed by atoms with van der Waals surface area (Å²) in [4.78, 5) is 31.6. The highest BCUT2D eigenvalue weighted by Gasteiger charge is 2.35. The van der Waals surface area contributed by atoms with Crippen molar-refractivity contribution >= 4 is 50.9 Å². The average molecular weight is 564 g/mol. The molecule has 2 aromatic carbocycles. The zero-order valence-corrected chi connectivity index (χ0v) is 21.9. The zero-order valence-electron chi connectivity index (χ0n) is 18.7. The van der Waals surface area contributed by atoms with Crippen LogP contribution in [0.5, 0.6) is 11.5 Å². The fourth-order valence-corrected chi connectivity index (χ4v) is 5.46. The number of hydrogen-bond donors (Lipinski definition) is 0. The molecule has 0 spiro atoms. The van der Waals surface area contributed by atoms with E-state index in [9.17, 15) is 9.59 Å². The lowest BCUT2D eigenvalue weighted by Gasteiger charge is -2.25. The third-order valence-corrected chi connectivity index (χ3v) is 7.10. The third kappa shape index (κ3) is 4.31. The molecule has 0 N–H and O–H groups in total. The average Bonchev–Trinajstić information content (AvgIpc) is 3.12. The van der Waals surface area contributed by atoms with Crippen LogP contribution >= 0.6 is 38.9 Å². The van der Waals surface area contributed by atoms with Crippen LogP contribution in [0.2, 0.25) is 5.02 Å². The Kier molecular flexibility index (Phi) is 6.97. The van der Waals surface area contributed by atoms with Crippen molar-refractivity contribution in [2.45, 2.75) is 13.0 Å². The van der Waals surface area contributed by atoms with Gasteiger partial charge in [-0.25, -0.2) is 9.79 Å². The second kappa shape index (κ2) is 9.77. The van der Waals surface area contributed by atoms with Gasteiger partial charge in [0, 0.05) is 20.6 Å². The van der Waals surface area contributed by atoms with Gasteiger partial charge in [-0.15, -0.1) is 0 Å². The molecule has 0 fully saturated rings. The molecule has 3 aromatic rings. The molecule has 7 nitrogen and oxygen atoms in total. The lowest BCUT2D eigenvalue weighted by Crippen LogP contribution is -2.40. The lowest BCUT2D eigenvalue weighted by atomic mass is 9.95. The van der Waals surface area contributed by atoms with E-state index < -0.39 is 12.0 Å². The van der Waals surface area contributed by atoms with Crippen molar-refractivity contribution in [3.8, 4) is 11.5 Å². The van der Waals surface area contributed by atoms with Gasteiger partial charge in [0.15, 0.2) is 4.80 Å². The lowest BCUT2D eigenvalue weighted by molar-refractivity contribution is -0.136. The normalized spacial score (nSPS) is 15.6. The summed E-state index contributed by atoms with van der Waals surface area (Å²) in [5.74, 6) is 0.512. The second-order valence-electron chi connectivity index (χ2n) is 7.35. The molecule has 0 aliphatic carbocycles. The zero-order chi connectivity index (χ0) is 24.6. The largest absolute Gasteiger partial charge is 0.496 e. The highest BCUT2D eigenvalue weighted by atomic mass is 79.9. The Morgan fingerprint density at radius 1 is 1.15 bits per heavy atom. The van der Waals surface area contributed by atoms with Crippen LogP contribution in [-0.2, 0) is 9.53 Å². The number of nitrogens with zero attached hydrogens (tertiary/aromatic N) is 2. The Morgan fingerprint density at radius 3 is 2.53 bits per heavy atom. The number of carbonyl (C=O) groups is 1. The molecule has 1 atom stereocenters. The fourth-order valence-electron chi connectivity index (χ4n) is 3.87. The van der Waals surface area contributed by atoms with Gasteiger partial charge in [0.05, 0.1) is 37.1 Å². The minimum absolute atomic E-state index is 0.238. The van der Waals surface area contributed by atoms with E-state index in [1.807, 2.05) is 18.2 Å². The number of carbonyl (C=O) groups excluding carboxylic acids is 1. The van der Waals surface area contributed by atoms with Gasteiger partial charge in [-0.3, -0.25) is 9.36 Å². The SMILES string of the molecule is COC(=O)C1=C(C)N=c2s/c(=C\c3cc(Br)ccc3OC)c(=O)n2[C@@H]1c1cc(Cl)ccc1OC. The molecule has 4 rings (SSSR count). The van der Waals surface area contributed by atoms with Crippen molar-refractivity contribution < 1.29 is 19.0 Å². The van der Waals surface area contributed by atoms with Gasteiger partial charge in [0.1, 0.15) is 17.5 Å². The van der Waals surface area contributed by atoms with Gasteiger partial charge < -0.3 is 14.2 Å². The molecule has 0 saturated carbocycles. The molecule has 0 unspecified atom stereocenters. The molecule has 1 aromatic heterocycles. The quantitative estimate of drug-likeness (QED) is 0.441. The van der Waals surface area contributed by atoms with Gasteiger partial charge >= 0.3 is 5.97 Å². The molecule has 0 bridgehead atoms. The first-order chi connectivity index (χ1) is 16.3. The van der Waals surface area contributed by atoms with Crippen LogP contribution in [0.1, 0.15) is 24.1 Å². The van der Waals surface area contributed by atoms with E-state index in [0.29, 0.717) is 37.1 Å². The molecule has 10 heteroatoms. The number of allylic oxidation sites excluding steroid dienone is 1. The number of thiazole rings is 1. The summed E-state index contributed by atoms with van der Waals surface area (Å²) >= 11 is 11.0. The third-order valence-electron chi connectivity index (χ3n) is 5.39. The molecule has 34 heavy (non-hydrogen) atoms. The molecule has 0 amide bonds. The van der Waals surface area contributed by atoms with Gasteiger partial charge in [0.2, 0.25) is 0 Å². The van der Waals surface area contributed by atoms with Gasteiger partial charge in [0.25, 0.3) is 5.56 Å². The number of methoxy groups -OCH3 is 3. The number of aromatic nitrogens is 1. The van der Waals surface area contributed by atoms with E-state index >= 15 is 0 Å². The minimum atomic E-state index is -0.830. The summed E-state index contributed by atoms with van der Waals surface area (Å²) in [6.45, 7) is 1.71. The fraction of sp³-hybridized carbons (Fsp3) is 0.208. The number of benzene rings is 2. The Balaban J connectivity index is 2.04. The van der Waals surface area contributed by atoms with E-state index in [-0.39, 0.29) is 11.1 Å². The van der Waals surface area contributed by atoms with Crippen molar-refractivity contribution in [2.24, 2.45) is 4.99 Å². The molecular weight excluding hydrogens is 544 g/mol. The summed E-state index contributed by atoms with van der Waals surface area (Å²) in [5.41, 5.74) is 1.65. The van der Waals surface area contributed by atoms with E-state index in [2.05, 4.69) is 20.9 Å². The van der Waals surface area contributed by atoms with Crippen LogP contribution in [0, 0.1) is 0 Å². The van der Waals surface area contributed by atoms with Crippen LogP contribution in [-0.4, -0.2) is 31.9 Å². The van der Waals surface area contributed by atoms with Crippen LogP contribution in [0.4, 0.5) is 0 Å². The molecular formula is C24H20BrClN2O5S. The van der Waals surface area contributed by atoms with Crippen LogP contribution < -0.4 is 24.4 Å². The summed E-state index contributed by atoms with van der Waals surface area (Å²) in [6.07, 6.45) is 1.75. The Labute approximate surface area is 212 Å². The minimum Gasteiger partial charge on any atom is -0.496 e. The van der Waals surface area contributed by atoms with E-state index in [4.69, 9.17) is 25.8 Å². The van der Waals surface area contributed by atoms with Crippen LogP contribution in [0.15, 0.2) is 61.9 Å². The molecule has 2 heterocycles. The van der Waals surface area contributed by atoms with Crippen LogP contribution in [0.25, 0.3) is 6.08 Å². The first kappa shape index (κ1) is 24.3. The first-order valence-electron chi connectivity index (χ1n) is 10.1. The number of rotatable bonds is 5. The van der Waals surface area contributed by atoms with Crippen molar-refractivity contribution in [2.75, 3.05) is 21.3 Å². The number of esters is 1. The smallest absolute Gasteiger partial charge is 0.338 e. The maximum absolute atomic E-state index is 13.7. The van der Waals surface area contributed by atoms with Crippen molar-refractivity contribution in [3.05, 3.63) is 88.0 Å². The highest BCUT2D eigenvalue weighted by Crippen LogP contribution is 2.37. The summed E-state index contributed by atoms with van der Waals surface area (Å²) in [6, 6.07) is 9.76. The molecule has 1 aliphatic heterocycles. The molecule has 0 radical (unpaired) electrons. The summed E-state index contributed by atoms with van der Waals surface area (Å²) in [5, 5.41) is 0.440. The molecule has 1 aliphatic rings. The Bertz CT molecular complexity index is 1510. The predicted molar refractivity (Wildman–Crippen MR) is 134 cm³/mol. The van der Waals surface area contributed by atoms with Crippen molar-refractivity contribution in [1.29, 1.82) is 0 Å². The second-order valence-corrected chi connectivity index (χ2v) is 9.71. The van der Waals surface area contributed by atoms with Crippen molar-refractivity contribution in [3.63, 3.8) is 0 Å². The van der Waals surface area contributed by atoms with Gasteiger partial charge in [-0.1, -0.05) is 38.9 Å². The standard InChI is InChI=1S/C24H20BrClN2O5S/c1-12-20(23(30)33-4)21(16-11-15(26)6-8-18(16)32-3)28-22(29)19(34-24(28)27-12)10-13-9-14(25)5-7-17(13)31-2/h5-11,21H,1-4H3/b19-10-/t21-/m1/s1. The number of ether oxygens (including phenoxy) is 3. The Hall–Kier alpha value is -2.88. The Morgan fingerprint density at radius 2 is 1.85 bits per heavy atom. The maximum atomic E-state index is 13.7. The maximum Gasteiger partial charge on any atom is 0.338 e. The monoisotopic (exact) mass is 562 g/mol. The summed E-state index contributed by atoms with van der Waals surface area (Å²) in [7, 11) is 4.38. The first-order valence-corrected chi connectivity index (χ1v) is 12.1. The van der Waals surface area contributed by atoms with Crippen LogP contribution in [0.3, 0.4) is 0 Å². The van der Waals surface area contributed by atoms with E-state index in [0.717, 1.165) is 10.0 Å². The van der Waals surface area contributed by atoms with Crippen molar-refractivity contribution in [1.82, 2.24) is 4.57 Å². The van der Waals surface area contributed by atoms with E-state index in [1.165, 1.54) is 30.1 Å². The number of fused-ring (bicyclic) bond motifs is 1. The molecule has 0 saturated heterocycles.